The fraction of sp³-hybridized carbons (Fsp3) is 1.00. The molecule has 0 saturated heterocycles. The van der Waals surface area contributed by atoms with Gasteiger partial charge in [0.1, 0.15) is 0 Å². The molecule has 0 aromatic rings. The van der Waals surface area contributed by atoms with E-state index in [1.807, 2.05) is 0 Å². The van der Waals surface area contributed by atoms with E-state index in [9.17, 15) is 0 Å². The van der Waals surface area contributed by atoms with E-state index in [1.165, 1.54) is 0 Å². The average Bonchev–Trinajstić information content (AvgIpc) is 1.85. The molecule has 1 aliphatic carbocycles. The summed E-state index contributed by atoms with van der Waals surface area (Å²) in [6, 6.07) is 0. The zero-order valence-corrected chi connectivity index (χ0v) is 4.49. The Labute approximate surface area is 47.6 Å². The van der Waals surface area contributed by atoms with E-state index in [0.717, 1.165) is 0 Å². The van der Waals surface area contributed by atoms with E-state index in [1.54, 1.807) is 0 Å². The van der Waals surface area contributed by atoms with Crippen LogP contribution in [0.4, 0.5) is 0 Å². The lowest BCUT2D eigenvalue weighted by Gasteiger charge is -2.02. The van der Waals surface area contributed by atoms with Gasteiger partial charge in [0.25, 0.3) is 0 Å². The van der Waals surface area contributed by atoms with E-state index >= 15 is 0 Å². The Morgan fingerprint density at radius 1 is 0.875 bits per heavy atom. The quantitative estimate of drug-likeness (QED) is 0.377. The monoisotopic (exact) mass is 118 g/mol. The van der Waals surface area contributed by atoms with Crippen LogP contribution in [0, 0.1) is 0 Å². The van der Waals surface area contributed by atoms with Crippen molar-refractivity contribution >= 4 is 0 Å². The van der Waals surface area contributed by atoms with Crippen LogP contribution in [-0.2, 0) is 0 Å². The predicted molar refractivity (Wildman–Crippen MR) is 27.3 cm³/mol. The van der Waals surface area contributed by atoms with E-state index < -0.39 is 18.3 Å². The van der Waals surface area contributed by atoms with Crippen LogP contribution in [-0.4, -0.2) is 33.6 Å². The fourth-order valence-corrected chi connectivity index (χ4v) is 0.968. The zero-order chi connectivity index (χ0) is 6.15. The lowest BCUT2D eigenvalue weighted by molar-refractivity contribution is 0.0438. The topological polar surface area (TPSA) is 60.7 Å². The second-order valence-corrected chi connectivity index (χ2v) is 2.26. The molecule has 3 heteroatoms. The van der Waals surface area contributed by atoms with Crippen molar-refractivity contribution in [3.8, 4) is 0 Å². The minimum absolute atomic E-state index is 0.321. The van der Waals surface area contributed by atoms with Gasteiger partial charge in [-0.2, -0.15) is 0 Å². The summed E-state index contributed by atoms with van der Waals surface area (Å²) >= 11 is 0. The smallest absolute Gasteiger partial charge is 0.0824 e. The van der Waals surface area contributed by atoms with Gasteiger partial charge >= 0.3 is 0 Å². The SMILES string of the molecule is O[C@H]1C[C@@H](O)[C@@H](O)C1. The van der Waals surface area contributed by atoms with Crippen LogP contribution in [0.5, 0.6) is 0 Å². The molecular formula is C5H10O3. The molecule has 1 rings (SSSR count). The molecule has 0 radical (unpaired) electrons. The first-order valence-electron chi connectivity index (χ1n) is 2.74. The molecule has 1 aliphatic rings. The van der Waals surface area contributed by atoms with Gasteiger partial charge in [-0.15, -0.1) is 0 Å². The Hall–Kier alpha value is -0.120. The summed E-state index contributed by atoms with van der Waals surface area (Å²) in [6.07, 6.45) is -1.27. The molecule has 0 amide bonds. The summed E-state index contributed by atoms with van der Waals surface area (Å²) in [7, 11) is 0. The van der Waals surface area contributed by atoms with Crippen molar-refractivity contribution in [3.05, 3.63) is 0 Å². The van der Waals surface area contributed by atoms with Crippen molar-refractivity contribution in [2.24, 2.45) is 0 Å². The van der Waals surface area contributed by atoms with E-state index in [4.69, 9.17) is 15.3 Å². The van der Waals surface area contributed by atoms with Crippen molar-refractivity contribution in [1.29, 1.82) is 0 Å². The summed E-state index contributed by atoms with van der Waals surface area (Å²) < 4.78 is 0. The van der Waals surface area contributed by atoms with Crippen molar-refractivity contribution in [2.75, 3.05) is 0 Å². The normalized spacial score (nSPS) is 47.6. The first-order valence-corrected chi connectivity index (χ1v) is 2.74. The van der Waals surface area contributed by atoms with Crippen molar-refractivity contribution in [3.63, 3.8) is 0 Å². The molecule has 0 aromatic carbocycles. The van der Waals surface area contributed by atoms with Crippen LogP contribution in [0.3, 0.4) is 0 Å². The van der Waals surface area contributed by atoms with Crippen LogP contribution >= 0.6 is 0 Å². The maximum Gasteiger partial charge on any atom is 0.0824 e. The van der Waals surface area contributed by atoms with Crippen LogP contribution in [0.2, 0.25) is 0 Å². The lowest BCUT2D eigenvalue weighted by Crippen LogP contribution is -2.17. The summed E-state index contributed by atoms with van der Waals surface area (Å²) in [4.78, 5) is 0. The molecule has 3 N–H and O–H groups in total. The molecule has 8 heavy (non-hydrogen) atoms. The first kappa shape index (κ1) is 6.01. The molecular weight excluding hydrogens is 108 g/mol. The van der Waals surface area contributed by atoms with Crippen LogP contribution in [0.1, 0.15) is 12.8 Å². The van der Waals surface area contributed by atoms with Crippen LogP contribution in [0.15, 0.2) is 0 Å². The Morgan fingerprint density at radius 2 is 1.25 bits per heavy atom. The largest absolute Gasteiger partial charge is 0.393 e. The maximum atomic E-state index is 8.76. The highest BCUT2D eigenvalue weighted by atomic mass is 16.3. The van der Waals surface area contributed by atoms with E-state index in [2.05, 4.69) is 0 Å². The van der Waals surface area contributed by atoms with Gasteiger partial charge in [-0.25, -0.2) is 0 Å². The minimum Gasteiger partial charge on any atom is -0.393 e. The molecule has 1 saturated carbocycles. The van der Waals surface area contributed by atoms with Gasteiger partial charge in [-0.05, 0) is 0 Å². The third kappa shape index (κ3) is 0.992. The fourth-order valence-electron chi connectivity index (χ4n) is 0.968. The number of hydrogen-bond acceptors (Lipinski definition) is 3. The summed E-state index contributed by atoms with van der Waals surface area (Å²) in [5.74, 6) is 0. The lowest BCUT2D eigenvalue weighted by atomic mass is 10.3. The van der Waals surface area contributed by atoms with Crippen molar-refractivity contribution < 1.29 is 15.3 Å². The van der Waals surface area contributed by atoms with Crippen molar-refractivity contribution in [2.45, 2.75) is 31.2 Å². The van der Waals surface area contributed by atoms with Gasteiger partial charge in [0.05, 0.1) is 18.3 Å². The first-order chi connectivity index (χ1) is 3.70. The standard InChI is InChI=1S/C5H10O3/c6-3-1-4(7)5(8)2-3/h3-8H,1-2H2/t3-,4+,5-. The predicted octanol–water partition coefficient (Wildman–Crippen LogP) is -1.14. The molecule has 48 valence electrons. The van der Waals surface area contributed by atoms with Gasteiger partial charge < -0.3 is 15.3 Å². The van der Waals surface area contributed by atoms with Gasteiger partial charge in [-0.1, -0.05) is 0 Å². The van der Waals surface area contributed by atoms with Gasteiger partial charge in [0.15, 0.2) is 0 Å². The molecule has 1 fully saturated rings. The Bertz CT molecular complexity index is 73.7. The highest BCUT2D eigenvalue weighted by Gasteiger charge is 2.29. The summed E-state index contributed by atoms with van der Waals surface area (Å²) in [6.45, 7) is 0. The highest BCUT2D eigenvalue weighted by molar-refractivity contribution is 4.81. The molecule has 0 bridgehead atoms. The van der Waals surface area contributed by atoms with Gasteiger partial charge in [-0.3, -0.25) is 0 Å². The maximum absolute atomic E-state index is 8.76. The molecule has 0 spiro atoms. The van der Waals surface area contributed by atoms with Crippen LogP contribution in [0.25, 0.3) is 0 Å². The van der Waals surface area contributed by atoms with E-state index in [-0.39, 0.29) is 0 Å². The Balaban J connectivity index is 2.39. The molecule has 0 unspecified atom stereocenters. The molecule has 0 aromatic heterocycles. The molecule has 3 nitrogen and oxygen atoms in total. The second-order valence-electron chi connectivity index (χ2n) is 2.26. The summed E-state index contributed by atoms with van der Waals surface area (Å²) in [5, 5.41) is 26.3. The minimum atomic E-state index is -0.704. The number of hydrogen-bond donors (Lipinski definition) is 3. The number of aliphatic hydroxyl groups is 3. The van der Waals surface area contributed by atoms with E-state index in [0.29, 0.717) is 12.8 Å². The average molecular weight is 118 g/mol. The molecule has 0 aliphatic heterocycles. The van der Waals surface area contributed by atoms with Gasteiger partial charge in [0.2, 0.25) is 0 Å². The molecule has 0 heterocycles. The van der Waals surface area contributed by atoms with Crippen molar-refractivity contribution in [1.82, 2.24) is 0 Å². The second kappa shape index (κ2) is 2.01. The molecule has 3 atom stereocenters. The third-order valence-corrected chi connectivity index (χ3v) is 1.47. The number of rotatable bonds is 0. The Kier molecular flexibility index (Phi) is 1.51. The summed E-state index contributed by atoms with van der Waals surface area (Å²) in [5.41, 5.74) is 0. The highest BCUT2D eigenvalue weighted by Crippen LogP contribution is 2.18. The zero-order valence-electron chi connectivity index (χ0n) is 4.49. The third-order valence-electron chi connectivity index (χ3n) is 1.47. The van der Waals surface area contributed by atoms with Gasteiger partial charge in [0, 0.05) is 12.8 Å². The number of aliphatic hydroxyl groups excluding tert-OH is 3. The van der Waals surface area contributed by atoms with Crippen LogP contribution < -0.4 is 0 Å². The Morgan fingerprint density at radius 3 is 1.38 bits per heavy atom.